The van der Waals surface area contributed by atoms with Crippen LogP contribution in [0.2, 0.25) is 0 Å². The second kappa shape index (κ2) is 6.04. The Bertz CT molecular complexity index is 206. The van der Waals surface area contributed by atoms with E-state index in [2.05, 4.69) is 36.5 Å². The molecule has 1 rings (SSSR count). The first-order chi connectivity index (χ1) is 5.36. The second-order valence-corrected chi connectivity index (χ2v) is 2.70. The topological polar surface area (TPSA) is 12.0 Å². The van der Waals surface area contributed by atoms with E-state index in [4.69, 9.17) is 0 Å². The van der Waals surface area contributed by atoms with Gasteiger partial charge in [0.25, 0.3) is 0 Å². The van der Waals surface area contributed by atoms with Crippen molar-refractivity contribution in [2.45, 2.75) is 19.9 Å². The minimum absolute atomic E-state index is 0. The standard InChI is InChI=1S/C10H15N.ClH/c1-3-9-4-6-10(7-5-9)8-11-2;/h4-7,11H,3,8H2,1-2H3;1H. The van der Waals surface area contributed by atoms with Crippen LogP contribution >= 0.6 is 12.4 Å². The molecule has 0 aliphatic rings. The van der Waals surface area contributed by atoms with Gasteiger partial charge in [-0.25, -0.2) is 0 Å². The van der Waals surface area contributed by atoms with E-state index in [1.54, 1.807) is 0 Å². The average Bonchev–Trinajstić information content (AvgIpc) is 2.07. The first-order valence-electron chi connectivity index (χ1n) is 4.09. The summed E-state index contributed by atoms with van der Waals surface area (Å²) < 4.78 is 0. The van der Waals surface area contributed by atoms with E-state index >= 15 is 0 Å². The molecule has 0 atom stereocenters. The molecule has 0 spiro atoms. The van der Waals surface area contributed by atoms with Crippen molar-refractivity contribution >= 4 is 12.4 Å². The first-order valence-corrected chi connectivity index (χ1v) is 4.09. The summed E-state index contributed by atoms with van der Waals surface area (Å²) in [4.78, 5) is 0. The molecule has 2 heteroatoms. The molecule has 0 bridgehead atoms. The zero-order chi connectivity index (χ0) is 8.10. The van der Waals surface area contributed by atoms with Gasteiger partial charge in [-0.15, -0.1) is 12.4 Å². The minimum Gasteiger partial charge on any atom is -0.316 e. The summed E-state index contributed by atoms with van der Waals surface area (Å²) in [6, 6.07) is 8.73. The predicted octanol–water partition coefficient (Wildman–Crippen LogP) is 2.39. The van der Waals surface area contributed by atoms with Crippen LogP contribution in [0.25, 0.3) is 0 Å². The fourth-order valence-corrected chi connectivity index (χ4v) is 1.10. The summed E-state index contributed by atoms with van der Waals surface area (Å²) in [5.74, 6) is 0. The molecule has 1 N–H and O–H groups in total. The van der Waals surface area contributed by atoms with Crippen LogP contribution in [-0.2, 0) is 13.0 Å². The zero-order valence-corrected chi connectivity index (χ0v) is 8.45. The molecule has 0 aliphatic heterocycles. The molecule has 0 aromatic heterocycles. The van der Waals surface area contributed by atoms with Gasteiger partial charge in [-0.05, 0) is 24.6 Å². The summed E-state index contributed by atoms with van der Waals surface area (Å²) in [5.41, 5.74) is 2.76. The highest BCUT2D eigenvalue weighted by Gasteiger charge is 1.90. The molecule has 0 saturated heterocycles. The lowest BCUT2D eigenvalue weighted by Crippen LogP contribution is -2.04. The van der Waals surface area contributed by atoms with Crippen molar-refractivity contribution in [1.82, 2.24) is 5.32 Å². The average molecular weight is 186 g/mol. The lowest BCUT2D eigenvalue weighted by molar-refractivity contribution is 0.817. The lowest BCUT2D eigenvalue weighted by atomic mass is 10.1. The third-order valence-corrected chi connectivity index (χ3v) is 1.81. The highest BCUT2D eigenvalue weighted by atomic mass is 35.5. The molecule has 68 valence electrons. The van der Waals surface area contributed by atoms with E-state index < -0.39 is 0 Å². The molecular formula is C10H16ClN. The van der Waals surface area contributed by atoms with Crippen LogP contribution in [0.15, 0.2) is 24.3 Å². The largest absolute Gasteiger partial charge is 0.316 e. The highest BCUT2D eigenvalue weighted by molar-refractivity contribution is 5.85. The maximum Gasteiger partial charge on any atom is 0.0202 e. The SMILES string of the molecule is CCc1ccc(CNC)cc1.Cl. The quantitative estimate of drug-likeness (QED) is 0.763. The van der Waals surface area contributed by atoms with E-state index in [0.29, 0.717) is 0 Å². The molecule has 1 aromatic carbocycles. The van der Waals surface area contributed by atoms with E-state index in [1.807, 2.05) is 7.05 Å². The van der Waals surface area contributed by atoms with E-state index in [9.17, 15) is 0 Å². The van der Waals surface area contributed by atoms with Gasteiger partial charge >= 0.3 is 0 Å². The van der Waals surface area contributed by atoms with Gasteiger partial charge in [0.05, 0.1) is 0 Å². The normalized spacial score (nSPS) is 9.17. The summed E-state index contributed by atoms with van der Waals surface area (Å²) in [6.45, 7) is 3.14. The van der Waals surface area contributed by atoms with Crippen molar-refractivity contribution in [3.63, 3.8) is 0 Å². The van der Waals surface area contributed by atoms with Crippen LogP contribution in [0, 0.1) is 0 Å². The predicted molar refractivity (Wildman–Crippen MR) is 55.8 cm³/mol. The van der Waals surface area contributed by atoms with Crippen molar-refractivity contribution in [2.24, 2.45) is 0 Å². The molecule has 12 heavy (non-hydrogen) atoms. The Labute approximate surface area is 80.6 Å². The van der Waals surface area contributed by atoms with Crippen molar-refractivity contribution in [3.05, 3.63) is 35.4 Å². The van der Waals surface area contributed by atoms with E-state index in [1.165, 1.54) is 11.1 Å². The van der Waals surface area contributed by atoms with Gasteiger partial charge in [0.1, 0.15) is 0 Å². The Morgan fingerprint density at radius 2 is 1.58 bits per heavy atom. The van der Waals surface area contributed by atoms with Gasteiger partial charge in [0.15, 0.2) is 0 Å². The molecule has 1 nitrogen and oxygen atoms in total. The van der Waals surface area contributed by atoms with Gasteiger partial charge in [-0.1, -0.05) is 31.2 Å². The molecule has 0 fully saturated rings. The Kier molecular flexibility index (Phi) is 5.77. The van der Waals surface area contributed by atoms with Gasteiger partial charge in [0.2, 0.25) is 0 Å². The second-order valence-electron chi connectivity index (χ2n) is 2.70. The molecule has 0 aliphatic carbocycles. The van der Waals surface area contributed by atoms with Crippen LogP contribution in [0.3, 0.4) is 0 Å². The maximum absolute atomic E-state index is 3.12. The molecule has 0 radical (unpaired) electrons. The Morgan fingerprint density at radius 3 is 2.00 bits per heavy atom. The van der Waals surface area contributed by atoms with E-state index in [0.717, 1.165) is 13.0 Å². The monoisotopic (exact) mass is 185 g/mol. The molecular weight excluding hydrogens is 170 g/mol. The summed E-state index contributed by atoms with van der Waals surface area (Å²) in [6.07, 6.45) is 1.12. The Morgan fingerprint density at radius 1 is 1.08 bits per heavy atom. The maximum atomic E-state index is 3.12. The molecule has 0 saturated carbocycles. The van der Waals surface area contributed by atoms with Crippen molar-refractivity contribution < 1.29 is 0 Å². The third-order valence-electron chi connectivity index (χ3n) is 1.81. The van der Waals surface area contributed by atoms with Crippen LogP contribution < -0.4 is 5.32 Å². The van der Waals surface area contributed by atoms with Gasteiger partial charge in [-0.3, -0.25) is 0 Å². The highest BCUT2D eigenvalue weighted by Crippen LogP contribution is 2.03. The fraction of sp³-hybridized carbons (Fsp3) is 0.400. The Hall–Kier alpha value is -0.530. The van der Waals surface area contributed by atoms with E-state index in [-0.39, 0.29) is 12.4 Å². The number of nitrogens with one attached hydrogen (secondary N) is 1. The number of hydrogen-bond acceptors (Lipinski definition) is 1. The summed E-state index contributed by atoms with van der Waals surface area (Å²) in [5, 5.41) is 3.12. The van der Waals surface area contributed by atoms with Gasteiger partial charge in [-0.2, -0.15) is 0 Å². The summed E-state index contributed by atoms with van der Waals surface area (Å²) >= 11 is 0. The lowest BCUT2D eigenvalue weighted by Gasteiger charge is -2.00. The molecule has 1 aromatic rings. The smallest absolute Gasteiger partial charge is 0.0202 e. The molecule has 0 unspecified atom stereocenters. The third kappa shape index (κ3) is 3.24. The number of hydrogen-bond donors (Lipinski definition) is 1. The minimum atomic E-state index is 0. The van der Waals surface area contributed by atoms with Crippen LogP contribution in [-0.4, -0.2) is 7.05 Å². The number of halogens is 1. The zero-order valence-electron chi connectivity index (χ0n) is 7.63. The van der Waals surface area contributed by atoms with Crippen LogP contribution in [0.5, 0.6) is 0 Å². The number of rotatable bonds is 3. The van der Waals surface area contributed by atoms with Gasteiger partial charge < -0.3 is 5.32 Å². The van der Waals surface area contributed by atoms with Gasteiger partial charge in [0, 0.05) is 6.54 Å². The molecule has 0 heterocycles. The Balaban J connectivity index is 0.00000121. The summed E-state index contributed by atoms with van der Waals surface area (Å²) in [7, 11) is 1.97. The number of aryl methyl sites for hydroxylation is 1. The van der Waals surface area contributed by atoms with Crippen molar-refractivity contribution in [1.29, 1.82) is 0 Å². The van der Waals surface area contributed by atoms with Crippen molar-refractivity contribution in [2.75, 3.05) is 7.05 Å². The van der Waals surface area contributed by atoms with Crippen molar-refractivity contribution in [3.8, 4) is 0 Å². The van der Waals surface area contributed by atoms with Crippen LogP contribution in [0.1, 0.15) is 18.1 Å². The fourth-order valence-electron chi connectivity index (χ4n) is 1.10. The molecule has 0 amide bonds. The first kappa shape index (κ1) is 11.5. The van der Waals surface area contributed by atoms with Crippen LogP contribution in [0.4, 0.5) is 0 Å². The number of benzene rings is 1.